The van der Waals surface area contributed by atoms with Crippen molar-refractivity contribution in [1.82, 2.24) is 10.6 Å². The molecule has 1 fully saturated rings. The first-order chi connectivity index (χ1) is 11.5. The summed E-state index contributed by atoms with van der Waals surface area (Å²) in [7, 11) is 2.10. The zero-order valence-corrected chi connectivity index (χ0v) is 16.2. The number of carbonyl (C=O) groups is 3. The van der Waals surface area contributed by atoms with E-state index in [9.17, 15) is 14.4 Å². The first kappa shape index (κ1) is 21.5. The van der Waals surface area contributed by atoms with E-state index in [1.807, 2.05) is 13.8 Å². The molecule has 0 aromatic rings. The lowest BCUT2D eigenvalue weighted by atomic mass is 9.70. The van der Waals surface area contributed by atoms with Crippen LogP contribution < -0.4 is 10.6 Å². The molecule has 2 amide bonds. The smallest absolute Gasteiger partial charge is 0.338 e. The molecule has 1 heterocycles. The summed E-state index contributed by atoms with van der Waals surface area (Å²) >= 11 is 0. The van der Waals surface area contributed by atoms with Crippen LogP contribution in [0.2, 0.25) is 5.31 Å². The van der Waals surface area contributed by atoms with E-state index in [1.54, 1.807) is 6.92 Å². The second-order valence-corrected chi connectivity index (χ2v) is 8.02. The molecule has 0 bridgehead atoms. The van der Waals surface area contributed by atoms with Crippen molar-refractivity contribution in [2.24, 2.45) is 5.92 Å². The molecule has 1 aliphatic heterocycles. The molecule has 2 N–H and O–H groups in total. The molecule has 0 aromatic carbocycles. The maximum atomic E-state index is 12.4. The van der Waals surface area contributed by atoms with Gasteiger partial charge >= 0.3 is 5.97 Å². The molecule has 0 aromatic heterocycles. The third-order valence-corrected chi connectivity index (χ3v) is 3.78. The minimum atomic E-state index is -0.865. The van der Waals surface area contributed by atoms with Gasteiger partial charge in [-0.25, -0.2) is 4.79 Å². The van der Waals surface area contributed by atoms with Crippen LogP contribution in [-0.4, -0.2) is 57.0 Å². The van der Waals surface area contributed by atoms with Crippen molar-refractivity contribution >= 4 is 25.6 Å². The van der Waals surface area contributed by atoms with Crippen LogP contribution >= 0.6 is 0 Å². The van der Waals surface area contributed by atoms with E-state index in [2.05, 4.69) is 32.3 Å². The van der Waals surface area contributed by atoms with E-state index >= 15 is 0 Å². The van der Waals surface area contributed by atoms with Gasteiger partial charge in [-0.05, 0) is 25.7 Å². The predicted molar refractivity (Wildman–Crippen MR) is 96.9 cm³/mol. The highest BCUT2D eigenvalue weighted by Crippen LogP contribution is 2.24. The van der Waals surface area contributed by atoms with Crippen molar-refractivity contribution < 1.29 is 23.9 Å². The number of ether oxygens (including phenoxy) is 2. The molecule has 25 heavy (non-hydrogen) atoms. The Bertz CT molecular complexity index is 490. The first-order valence-corrected chi connectivity index (χ1v) is 8.95. The van der Waals surface area contributed by atoms with Gasteiger partial charge in [0.2, 0.25) is 5.91 Å². The zero-order valence-electron chi connectivity index (χ0n) is 16.2. The van der Waals surface area contributed by atoms with Crippen LogP contribution in [0.4, 0.5) is 0 Å². The van der Waals surface area contributed by atoms with Gasteiger partial charge in [-0.15, -0.1) is 0 Å². The Hall–Kier alpha value is -1.57. The second-order valence-electron chi connectivity index (χ2n) is 8.02. The lowest BCUT2D eigenvalue weighted by Gasteiger charge is -2.22. The Morgan fingerprint density at radius 1 is 1.24 bits per heavy atom. The number of esters is 1. The highest BCUT2D eigenvalue weighted by atomic mass is 16.6. The van der Waals surface area contributed by atoms with Gasteiger partial charge in [0.25, 0.3) is 5.91 Å². The summed E-state index contributed by atoms with van der Waals surface area (Å²) in [5, 5.41) is 5.70. The molecule has 142 valence electrons. The van der Waals surface area contributed by atoms with Gasteiger partial charge in [0.05, 0.1) is 6.61 Å². The fourth-order valence-corrected chi connectivity index (χ4v) is 2.36. The number of hydrogen-bond donors (Lipinski definition) is 2. The molecular formula is C17H31BN2O5. The Morgan fingerprint density at radius 2 is 1.88 bits per heavy atom. The molecule has 7 nitrogen and oxygen atoms in total. The summed E-state index contributed by atoms with van der Waals surface area (Å²) in [6.45, 7) is 10.7. The molecule has 0 aliphatic carbocycles. The molecule has 0 spiro atoms. The van der Waals surface area contributed by atoms with E-state index < -0.39 is 30.1 Å². The van der Waals surface area contributed by atoms with Crippen molar-refractivity contribution in [3.8, 4) is 0 Å². The summed E-state index contributed by atoms with van der Waals surface area (Å²) in [6, 6.07) is -0.639. The van der Waals surface area contributed by atoms with Crippen LogP contribution in [0, 0.1) is 5.92 Å². The van der Waals surface area contributed by atoms with Gasteiger partial charge in [-0.3, -0.25) is 9.59 Å². The summed E-state index contributed by atoms with van der Waals surface area (Å²) in [4.78, 5) is 36.2. The van der Waals surface area contributed by atoms with E-state index in [4.69, 9.17) is 9.47 Å². The summed E-state index contributed by atoms with van der Waals surface area (Å²) in [6.07, 6.45) is -0.360. The SMILES string of the molecule is BC(C)(C)CCNC(=O)[C@H](CC(C)C)NC(=O)[C@H]1O[C@@H]1C(=O)OCC. The van der Waals surface area contributed by atoms with Gasteiger partial charge in [0.1, 0.15) is 13.9 Å². The van der Waals surface area contributed by atoms with Crippen molar-refractivity contribution in [3.05, 3.63) is 0 Å². The molecule has 1 rings (SSSR count). The van der Waals surface area contributed by atoms with E-state index in [0.717, 1.165) is 6.42 Å². The Labute approximate surface area is 151 Å². The van der Waals surface area contributed by atoms with Crippen LogP contribution in [0.1, 0.15) is 47.5 Å². The molecule has 1 aliphatic rings. The fraction of sp³-hybridized carbons (Fsp3) is 0.824. The van der Waals surface area contributed by atoms with Crippen molar-refractivity contribution in [2.45, 2.75) is 71.0 Å². The quantitative estimate of drug-likeness (QED) is 0.332. The largest absolute Gasteiger partial charge is 0.464 e. The summed E-state index contributed by atoms with van der Waals surface area (Å²) in [5.74, 6) is -0.966. The van der Waals surface area contributed by atoms with Crippen LogP contribution in [0.3, 0.4) is 0 Å². The van der Waals surface area contributed by atoms with E-state index in [0.29, 0.717) is 13.0 Å². The molecular weight excluding hydrogens is 323 g/mol. The lowest BCUT2D eigenvalue weighted by molar-refractivity contribution is -0.144. The molecule has 3 atom stereocenters. The average Bonchev–Trinajstić information content (AvgIpc) is 3.25. The molecule has 8 heteroatoms. The molecule has 0 saturated carbocycles. The molecule has 1 saturated heterocycles. The van der Waals surface area contributed by atoms with Gasteiger partial charge < -0.3 is 20.1 Å². The normalized spacial score (nSPS) is 20.7. The number of hydrogen-bond acceptors (Lipinski definition) is 5. The maximum Gasteiger partial charge on any atom is 0.338 e. The first-order valence-electron chi connectivity index (χ1n) is 8.95. The molecule has 0 radical (unpaired) electrons. The van der Waals surface area contributed by atoms with Crippen LogP contribution in [0.25, 0.3) is 0 Å². The number of amides is 2. The van der Waals surface area contributed by atoms with Gasteiger partial charge in [-0.2, -0.15) is 0 Å². The predicted octanol–water partition coefficient (Wildman–Crippen LogP) is 0.186. The van der Waals surface area contributed by atoms with Gasteiger partial charge in [0, 0.05) is 6.54 Å². The number of rotatable bonds is 10. The fourth-order valence-electron chi connectivity index (χ4n) is 2.36. The Kier molecular flexibility index (Phi) is 7.92. The lowest BCUT2D eigenvalue weighted by Crippen LogP contribution is -2.49. The highest BCUT2D eigenvalue weighted by Gasteiger charge is 2.52. The number of nitrogens with one attached hydrogen (secondary N) is 2. The van der Waals surface area contributed by atoms with Gasteiger partial charge in [-0.1, -0.05) is 33.0 Å². The van der Waals surface area contributed by atoms with Crippen molar-refractivity contribution in [2.75, 3.05) is 13.2 Å². The van der Waals surface area contributed by atoms with Gasteiger partial charge in [0.15, 0.2) is 12.2 Å². The zero-order chi connectivity index (χ0) is 19.2. The van der Waals surface area contributed by atoms with Crippen molar-refractivity contribution in [1.29, 1.82) is 0 Å². The van der Waals surface area contributed by atoms with E-state index in [1.165, 1.54) is 0 Å². The third-order valence-electron chi connectivity index (χ3n) is 3.78. The van der Waals surface area contributed by atoms with Crippen molar-refractivity contribution in [3.63, 3.8) is 0 Å². The Morgan fingerprint density at radius 3 is 2.40 bits per heavy atom. The standard InChI is InChI=1S/C17H31BN2O5/c1-6-24-16(23)13-12(25-13)15(22)20-11(9-10(2)3)14(21)19-8-7-17(4,5)18/h10-13H,6-9,18H2,1-5H3,(H,19,21)(H,20,22)/t11-,12-,13-/m0/s1. The second kappa shape index (κ2) is 9.22. The number of epoxide rings is 1. The average molecular weight is 354 g/mol. The van der Waals surface area contributed by atoms with E-state index in [-0.39, 0.29) is 23.7 Å². The van der Waals surface area contributed by atoms with Crippen LogP contribution in [0.15, 0.2) is 0 Å². The summed E-state index contributed by atoms with van der Waals surface area (Å²) in [5.41, 5.74) is 0. The Balaban J connectivity index is 2.54. The maximum absolute atomic E-state index is 12.4. The third kappa shape index (κ3) is 7.90. The highest BCUT2D eigenvalue weighted by molar-refractivity contribution is 6.14. The van der Waals surface area contributed by atoms with Crippen LogP contribution in [0.5, 0.6) is 0 Å². The number of carbonyl (C=O) groups excluding carboxylic acids is 3. The monoisotopic (exact) mass is 354 g/mol. The topological polar surface area (TPSA) is 97.0 Å². The minimum Gasteiger partial charge on any atom is -0.464 e. The summed E-state index contributed by atoms with van der Waals surface area (Å²) < 4.78 is 9.91. The minimum absolute atomic E-state index is 0.124. The molecule has 0 unspecified atom stereocenters. The van der Waals surface area contributed by atoms with Crippen LogP contribution in [-0.2, 0) is 23.9 Å².